The van der Waals surface area contributed by atoms with Crippen LogP contribution in [0.25, 0.3) is 0 Å². The quantitative estimate of drug-likeness (QED) is 0.666. The molecule has 0 saturated carbocycles. The molecule has 0 unspecified atom stereocenters. The molecule has 3 N–H and O–H groups in total. The number of carbonyl (C=O) groups is 3. The van der Waals surface area contributed by atoms with Crippen molar-refractivity contribution >= 4 is 29.1 Å². The molecule has 0 aliphatic heterocycles. The molecule has 0 heterocycles. The van der Waals surface area contributed by atoms with E-state index >= 15 is 0 Å². The van der Waals surface area contributed by atoms with Gasteiger partial charge < -0.3 is 10.6 Å². The lowest BCUT2D eigenvalue weighted by atomic mass is 10.1. The summed E-state index contributed by atoms with van der Waals surface area (Å²) in [6.45, 7) is 3.95. The molecule has 6 heteroatoms. The molecule has 0 saturated heterocycles. The lowest BCUT2D eigenvalue weighted by Gasteiger charge is -2.20. The van der Waals surface area contributed by atoms with Gasteiger partial charge in [0.1, 0.15) is 0 Å². The molecule has 2 aromatic carbocycles. The van der Waals surface area contributed by atoms with Crippen molar-refractivity contribution in [3.8, 4) is 0 Å². The summed E-state index contributed by atoms with van der Waals surface area (Å²) in [6.07, 6.45) is 0. The number of anilines is 2. The second-order valence-corrected chi connectivity index (χ2v) is 5.26. The number of likely N-dealkylation sites (N-methyl/N-ethyl adjacent to an activating group) is 1. The number of rotatable bonds is 3. The summed E-state index contributed by atoms with van der Waals surface area (Å²) in [5.74, 6) is -2.50. The van der Waals surface area contributed by atoms with Gasteiger partial charge in [0.2, 0.25) is 0 Å². The monoisotopic (exact) mass is 325 g/mol. The fraction of sp³-hybridized carbons (Fsp3) is 0.167. The zero-order valence-corrected chi connectivity index (χ0v) is 13.6. The highest BCUT2D eigenvalue weighted by atomic mass is 16.2. The normalized spacial score (nSPS) is 10.1. The van der Waals surface area contributed by atoms with Gasteiger partial charge in [-0.3, -0.25) is 19.7 Å². The van der Waals surface area contributed by atoms with Crippen LogP contribution in [0.4, 0.5) is 11.4 Å². The number of aryl methyl sites for hydroxylation is 1. The number of hydrogen-bond acceptors (Lipinski definition) is 4. The Morgan fingerprint density at radius 2 is 1.79 bits per heavy atom. The van der Waals surface area contributed by atoms with Crippen molar-refractivity contribution in [2.24, 2.45) is 0 Å². The SMILES string of the molecule is CCN(C(=O)C(=O)NC(=O)c1ccccc1N)c1cccc(C)c1. The molecular formula is C18H19N3O3. The van der Waals surface area contributed by atoms with E-state index in [0.717, 1.165) is 5.56 Å². The predicted octanol–water partition coefficient (Wildman–Crippen LogP) is 1.89. The standard InChI is InChI=1S/C18H19N3O3/c1-3-21(13-8-6-7-12(2)11-13)18(24)17(23)20-16(22)14-9-4-5-10-15(14)19/h4-11H,3,19H2,1-2H3,(H,20,22,23). The molecule has 0 aromatic heterocycles. The molecule has 124 valence electrons. The largest absolute Gasteiger partial charge is 0.398 e. The fourth-order valence-corrected chi connectivity index (χ4v) is 2.29. The Hall–Kier alpha value is -3.15. The van der Waals surface area contributed by atoms with Gasteiger partial charge in [-0.15, -0.1) is 0 Å². The van der Waals surface area contributed by atoms with Crippen LogP contribution >= 0.6 is 0 Å². The maximum absolute atomic E-state index is 12.4. The van der Waals surface area contributed by atoms with Crippen molar-refractivity contribution in [2.75, 3.05) is 17.2 Å². The molecule has 0 fully saturated rings. The first kappa shape index (κ1) is 17.2. The van der Waals surface area contributed by atoms with Crippen LogP contribution in [-0.4, -0.2) is 24.3 Å². The lowest BCUT2D eigenvalue weighted by molar-refractivity contribution is -0.137. The third-order valence-electron chi connectivity index (χ3n) is 3.50. The van der Waals surface area contributed by atoms with Gasteiger partial charge in [-0.25, -0.2) is 0 Å². The van der Waals surface area contributed by atoms with Gasteiger partial charge in [0.15, 0.2) is 0 Å². The number of nitrogens with one attached hydrogen (secondary N) is 1. The van der Waals surface area contributed by atoms with Crippen molar-refractivity contribution in [1.82, 2.24) is 5.32 Å². The summed E-state index contributed by atoms with van der Waals surface area (Å²) in [5.41, 5.74) is 7.65. The molecule has 3 amide bonds. The van der Waals surface area contributed by atoms with E-state index in [9.17, 15) is 14.4 Å². The number of hydrogen-bond donors (Lipinski definition) is 2. The Balaban J connectivity index is 2.15. The molecule has 0 aliphatic rings. The number of carbonyl (C=O) groups excluding carboxylic acids is 3. The summed E-state index contributed by atoms with van der Waals surface area (Å²) in [5, 5.41) is 2.09. The molecule has 0 spiro atoms. The van der Waals surface area contributed by atoms with E-state index in [2.05, 4.69) is 5.32 Å². The Bertz CT molecular complexity index is 787. The first-order valence-corrected chi connectivity index (χ1v) is 7.52. The summed E-state index contributed by atoms with van der Waals surface area (Å²) < 4.78 is 0. The Labute approximate surface area is 140 Å². The molecule has 0 radical (unpaired) electrons. The molecule has 2 aromatic rings. The Morgan fingerprint density at radius 3 is 2.42 bits per heavy atom. The van der Waals surface area contributed by atoms with Crippen LogP contribution in [-0.2, 0) is 9.59 Å². The minimum absolute atomic E-state index is 0.150. The lowest BCUT2D eigenvalue weighted by Crippen LogP contribution is -2.45. The minimum atomic E-state index is -0.994. The van der Waals surface area contributed by atoms with Crippen molar-refractivity contribution in [3.63, 3.8) is 0 Å². The van der Waals surface area contributed by atoms with Gasteiger partial charge in [-0.2, -0.15) is 0 Å². The number of nitrogen functional groups attached to an aromatic ring is 1. The van der Waals surface area contributed by atoms with Gasteiger partial charge in [0.25, 0.3) is 5.91 Å². The van der Waals surface area contributed by atoms with E-state index in [1.807, 2.05) is 13.0 Å². The second kappa shape index (κ2) is 7.41. The molecule has 0 atom stereocenters. The number of para-hydroxylation sites is 1. The van der Waals surface area contributed by atoms with Crippen LogP contribution in [0, 0.1) is 6.92 Å². The number of imide groups is 1. The van der Waals surface area contributed by atoms with Crippen LogP contribution in [0.5, 0.6) is 0 Å². The average Bonchev–Trinajstić information content (AvgIpc) is 2.55. The number of benzene rings is 2. The molecule has 2 rings (SSSR count). The topological polar surface area (TPSA) is 92.5 Å². The van der Waals surface area contributed by atoms with E-state index in [4.69, 9.17) is 5.73 Å². The van der Waals surface area contributed by atoms with Crippen molar-refractivity contribution in [1.29, 1.82) is 0 Å². The molecule has 6 nitrogen and oxygen atoms in total. The van der Waals surface area contributed by atoms with Crippen molar-refractivity contribution in [2.45, 2.75) is 13.8 Å². The third kappa shape index (κ3) is 3.78. The third-order valence-corrected chi connectivity index (χ3v) is 3.50. The smallest absolute Gasteiger partial charge is 0.316 e. The van der Waals surface area contributed by atoms with E-state index in [0.29, 0.717) is 12.2 Å². The summed E-state index contributed by atoms with van der Waals surface area (Å²) in [4.78, 5) is 37.9. The van der Waals surface area contributed by atoms with Gasteiger partial charge >= 0.3 is 11.8 Å². The van der Waals surface area contributed by atoms with E-state index < -0.39 is 17.7 Å². The molecular weight excluding hydrogens is 306 g/mol. The number of nitrogens with zero attached hydrogens (tertiary/aromatic N) is 1. The first-order chi connectivity index (χ1) is 11.4. The van der Waals surface area contributed by atoms with Crippen LogP contribution in [0.15, 0.2) is 48.5 Å². The van der Waals surface area contributed by atoms with Gasteiger partial charge in [-0.1, -0.05) is 24.3 Å². The maximum atomic E-state index is 12.4. The van der Waals surface area contributed by atoms with Crippen LogP contribution < -0.4 is 16.0 Å². The Morgan fingerprint density at radius 1 is 1.08 bits per heavy atom. The zero-order valence-electron chi connectivity index (χ0n) is 13.6. The van der Waals surface area contributed by atoms with Gasteiger partial charge in [0.05, 0.1) is 5.56 Å². The number of nitrogens with two attached hydrogens (primary N) is 1. The van der Waals surface area contributed by atoms with Crippen molar-refractivity contribution < 1.29 is 14.4 Å². The highest BCUT2D eigenvalue weighted by Crippen LogP contribution is 2.16. The van der Waals surface area contributed by atoms with Crippen LogP contribution in [0.3, 0.4) is 0 Å². The summed E-state index contributed by atoms with van der Waals surface area (Å²) in [7, 11) is 0. The summed E-state index contributed by atoms with van der Waals surface area (Å²) in [6, 6.07) is 13.6. The zero-order chi connectivity index (χ0) is 17.7. The first-order valence-electron chi connectivity index (χ1n) is 7.52. The van der Waals surface area contributed by atoms with Crippen LogP contribution in [0.2, 0.25) is 0 Å². The van der Waals surface area contributed by atoms with E-state index in [-0.39, 0.29) is 11.3 Å². The highest BCUT2D eigenvalue weighted by molar-refractivity contribution is 6.43. The second-order valence-electron chi connectivity index (χ2n) is 5.26. The predicted molar refractivity (Wildman–Crippen MR) is 92.5 cm³/mol. The maximum Gasteiger partial charge on any atom is 0.316 e. The van der Waals surface area contributed by atoms with E-state index in [1.165, 1.54) is 11.0 Å². The fourth-order valence-electron chi connectivity index (χ4n) is 2.29. The van der Waals surface area contributed by atoms with Gasteiger partial charge in [-0.05, 0) is 43.7 Å². The number of amides is 3. The molecule has 0 bridgehead atoms. The summed E-state index contributed by atoms with van der Waals surface area (Å²) >= 11 is 0. The van der Waals surface area contributed by atoms with E-state index in [1.54, 1.807) is 43.3 Å². The van der Waals surface area contributed by atoms with Crippen molar-refractivity contribution in [3.05, 3.63) is 59.7 Å². The van der Waals surface area contributed by atoms with Crippen LogP contribution in [0.1, 0.15) is 22.8 Å². The molecule has 24 heavy (non-hydrogen) atoms. The minimum Gasteiger partial charge on any atom is -0.398 e. The Kier molecular flexibility index (Phi) is 5.31. The van der Waals surface area contributed by atoms with Gasteiger partial charge in [0, 0.05) is 17.9 Å². The average molecular weight is 325 g/mol. The highest BCUT2D eigenvalue weighted by Gasteiger charge is 2.24. The molecule has 0 aliphatic carbocycles.